The summed E-state index contributed by atoms with van der Waals surface area (Å²) in [5.41, 5.74) is 1.37. The van der Waals surface area contributed by atoms with Gasteiger partial charge in [-0.25, -0.2) is 8.42 Å². The predicted octanol–water partition coefficient (Wildman–Crippen LogP) is 2.20. The Morgan fingerprint density at radius 1 is 1.35 bits per heavy atom. The fourth-order valence-corrected chi connectivity index (χ4v) is 2.82. The lowest BCUT2D eigenvalue weighted by Gasteiger charge is -2.11. The van der Waals surface area contributed by atoms with Crippen LogP contribution in [0, 0.1) is 0 Å². The van der Waals surface area contributed by atoms with Gasteiger partial charge in [0.25, 0.3) is 0 Å². The number of para-hydroxylation sites is 1. The molecule has 0 aromatic heterocycles. The SMILES string of the molecule is COCc1ccccc1NS(=O)(=O)CCCCl. The summed E-state index contributed by atoms with van der Waals surface area (Å²) in [6, 6.07) is 7.15. The van der Waals surface area contributed by atoms with E-state index in [4.69, 9.17) is 16.3 Å². The first kappa shape index (κ1) is 14.3. The van der Waals surface area contributed by atoms with Crippen molar-refractivity contribution in [3.63, 3.8) is 0 Å². The van der Waals surface area contributed by atoms with E-state index in [0.29, 0.717) is 24.6 Å². The van der Waals surface area contributed by atoms with Gasteiger partial charge in [0.05, 0.1) is 18.0 Å². The Balaban J connectivity index is 2.80. The van der Waals surface area contributed by atoms with E-state index in [0.717, 1.165) is 5.56 Å². The van der Waals surface area contributed by atoms with Crippen LogP contribution < -0.4 is 4.72 Å². The Morgan fingerprint density at radius 2 is 2.06 bits per heavy atom. The second-order valence-corrected chi connectivity index (χ2v) is 5.77. The summed E-state index contributed by atoms with van der Waals surface area (Å²) in [6.45, 7) is 0.369. The molecule has 0 atom stereocenters. The smallest absolute Gasteiger partial charge is 0.232 e. The van der Waals surface area contributed by atoms with Crippen LogP contribution in [0.25, 0.3) is 0 Å². The van der Waals surface area contributed by atoms with E-state index in [2.05, 4.69) is 4.72 Å². The molecule has 0 spiro atoms. The molecule has 1 aromatic rings. The monoisotopic (exact) mass is 277 g/mol. The molecule has 17 heavy (non-hydrogen) atoms. The Kier molecular flexibility index (Phi) is 5.74. The lowest BCUT2D eigenvalue weighted by molar-refractivity contribution is 0.185. The van der Waals surface area contributed by atoms with Crippen molar-refractivity contribution in [2.75, 3.05) is 23.5 Å². The number of hydrogen-bond donors (Lipinski definition) is 1. The maximum absolute atomic E-state index is 11.7. The average Bonchev–Trinajstić information content (AvgIpc) is 2.29. The van der Waals surface area contributed by atoms with Crippen LogP contribution in [0.15, 0.2) is 24.3 Å². The first-order chi connectivity index (χ1) is 8.09. The minimum atomic E-state index is -3.33. The number of nitrogens with one attached hydrogen (secondary N) is 1. The largest absolute Gasteiger partial charge is 0.380 e. The quantitative estimate of drug-likeness (QED) is 0.778. The molecule has 1 aromatic carbocycles. The summed E-state index contributed by atoms with van der Waals surface area (Å²) in [7, 11) is -1.76. The van der Waals surface area contributed by atoms with Gasteiger partial charge in [0.2, 0.25) is 10.0 Å². The zero-order valence-corrected chi connectivity index (χ0v) is 11.2. The molecule has 1 rings (SSSR count). The Bertz CT molecular complexity index is 448. The molecule has 0 saturated heterocycles. The highest BCUT2D eigenvalue weighted by Gasteiger charge is 2.11. The van der Waals surface area contributed by atoms with Crippen LogP contribution in [0.4, 0.5) is 5.69 Å². The molecule has 96 valence electrons. The van der Waals surface area contributed by atoms with Crippen molar-refractivity contribution in [3.8, 4) is 0 Å². The highest BCUT2D eigenvalue weighted by Crippen LogP contribution is 2.17. The molecule has 0 fully saturated rings. The van der Waals surface area contributed by atoms with Crippen LogP contribution in [0.3, 0.4) is 0 Å². The normalized spacial score (nSPS) is 11.4. The number of sulfonamides is 1. The molecule has 0 amide bonds. The van der Waals surface area contributed by atoms with Crippen LogP contribution in [0.2, 0.25) is 0 Å². The van der Waals surface area contributed by atoms with Crippen molar-refractivity contribution >= 4 is 27.3 Å². The van der Waals surface area contributed by atoms with E-state index >= 15 is 0 Å². The Morgan fingerprint density at radius 3 is 2.71 bits per heavy atom. The molecule has 0 bridgehead atoms. The van der Waals surface area contributed by atoms with Crippen LogP contribution in [0.5, 0.6) is 0 Å². The van der Waals surface area contributed by atoms with Crippen molar-refractivity contribution in [2.45, 2.75) is 13.0 Å². The molecule has 0 saturated carbocycles. The topological polar surface area (TPSA) is 55.4 Å². The fourth-order valence-electron chi connectivity index (χ4n) is 1.36. The highest BCUT2D eigenvalue weighted by atomic mass is 35.5. The Labute approximate surface area is 107 Å². The first-order valence-electron chi connectivity index (χ1n) is 5.22. The molecule has 0 unspecified atom stereocenters. The van der Waals surface area contributed by atoms with Crippen molar-refractivity contribution in [1.29, 1.82) is 0 Å². The molecule has 0 aliphatic heterocycles. The fraction of sp³-hybridized carbons (Fsp3) is 0.455. The second-order valence-electron chi connectivity index (χ2n) is 3.55. The first-order valence-corrected chi connectivity index (χ1v) is 7.41. The maximum atomic E-state index is 11.7. The molecule has 1 N–H and O–H groups in total. The molecule has 0 aliphatic carbocycles. The van der Waals surface area contributed by atoms with Gasteiger partial charge in [-0.15, -0.1) is 11.6 Å². The van der Waals surface area contributed by atoms with Crippen LogP contribution >= 0.6 is 11.6 Å². The summed E-state index contributed by atoms with van der Waals surface area (Å²) in [5.74, 6) is 0.360. The van der Waals surface area contributed by atoms with Gasteiger partial charge in [-0.05, 0) is 12.5 Å². The average molecular weight is 278 g/mol. The number of anilines is 1. The second kappa shape index (κ2) is 6.83. The number of halogens is 1. The zero-order valence-electron chi connectivity index (χ0n) is 9.65. The third kappa shape index (κ3) is 4.93. The molecule has 0 radical (unpaired) electrons. The van der Waals surface area contributed by atoms with E-state index in [1.54, 1.807) is 19.2 Å². The molecular formula is C11H16ClNO3S. The third-order valence-electron chi connectivity index (χ3n) is 2.13. The van der Waals surface area contributed by atoms with Gasteiger partial charge in [0.15, 0.2) is 0 Å². The van der Waals surface area contributed by atoms with E-state index in [1.165, 1.54) is 0 Å². The van der Waals surface area contributed by atoms with Crippen molar-refractivity contribution < 1.29 is 13.2 Å². The van der Waals surface area contributed by atoms with Gasteiger partial charge < -0.3 is 4.74 Å². The minimum Gasteiger partial charge on any atom is -0.380 e. The van der Waals surface area contributed by atoms with Crippen molar-refractivity contribution in [1.82, 2.24) is 0 Å². The minimum absolute atomic E-state index is 0.0256. The molecule has 0 heterocycles. The maximum Gasteiger partial charge on any atom is 0.232 e. The molecular weight excluding hydrogens is 262 g/mol. The van der Waals surface area contributed by atoms with Crippen molar-refractivity contribution in [3.05, 3.63) is 29.8 Å². The van der Waals surface area contributed by atoms with Gasteiger partial charge in [0.1, 0.15) is 0 Å². The zero-order chi connectivity index (χ0) is 12.7. The Hall–Kier alpha value is -0.780. The van der Waals surface area contributed by atoms with Crippen LogP contribution in [-0.4, -0.2) is 27.2 Å². The lowest BCUT2D eigenvalue weighted by Crippen LogP contribution is -2.18. The van der Waals surface area contributed by atoms with Gasteiger partial charge in [-0.3, -0.25) is 4.72 Å². The number of alkyl halides is 1. The van der Waals surface area contributed by atoms with E-state index in [9.17, 15) is 8.42 Å². The van der Waals surface area contributed by atoms with E-state index in [1.807, 2.05) is 12.1 Å². The lowest BCUT2D eigenvalue weighted by atomic mass is 10.2. The number of benzene rings is 1. The number of rotatable bonds is 7. The molecule has 0 aliphatic rings. The van der Waals surface area contributed by atoms with E-state index < -0.39 is 10.0 Å². The number of methoxy groups -OCH3 is 1. The molecule has 4 nitrogen and oxygen atoms in total. The van der Waals surface area contributed by atoms with Gasteiger partial charge in [-0.1, -0.05) is 18.2 Å². The highest BCUT2D eigenvalue weighted by molar-refractivity contribution is 7.92. The van der Waals surface area contributed by atoms with Gasteiger partial charge >= 0.3 is 0 Å². The van der Waals surface area contributed by atoms with Crippen LogP contribution in [-0.2, 0) is 21.4 Å². The van der Waals surface area contributed by atoms with E-state index in [-0.39, 0.29) is 5.75 Å². The van der Waals surface area contributed by atoms with Crippen molar-refractivity contribution in [2.24, 2.45) is 0 Å². The summed E-state index contributed by atoms with van der Waals surface area (Å²) >= 11 is 5.48. The molecule has 6 heteroatoms. The summed E-state index contributed by atoms with van der Waals surface area (Å²) in [4.78, 5) is 0. The number of ether oxygens (including phenoxy) is 1. The standard InChI is InChI=1S/C11H16ClNO3S/c1-16-9-10-5-2-3-6-11(10)13-17(14,15)8-4-7-12/h2-3,5-6,13H,4,7-9H2,1H3. The summed E-state index contributed by atoms with van der Waals surface area (Å²) in [5, 5.41) is 0. The van der Waals surface area contributed by atoms with Gasteiger partial charge in [-0.2, -0.15) is 0 Å². The summed E-state index contributed by atoms with van der Waals surface area (Å²) < 4.78 is 31.0. The summed E-state index contributed by atoms with van der Waals surface area (Å²) in [6.07, 6.45) is 0.434. The van der Waals surface area contributed by atoms with Crippen LogP contribution in [0.1, 0.15) is 12.0 Å². The number of hydrogen-bond acceptors (Lipinski definition) is 3. The third-order valence-corrected chi connectivity index (χ3v) is 3.75. The van der Waals surface area contributed by atoms with Gasteiger partial charge in [0, 0.05) is 18.6 Å². The predicted molar refractivity (Wildman–Crippen MR) is 69.9 cm³/mol.